The fourth-order valence-corrected chi connectivity index (χ4v) is 5.84. The lowest BCUT2D eigenvalue weighted by Gasteiger charge is -2.33. The number of benzene rings is 1. The van der Waals surface area contributed by atoms with E-state index >= 15 is 0 Å². The molecular formula is C23H25Cl2N3O2S2. The van der Waals surface area contributed by atoms with Crippen molar-refractivity contribution in [1.82, 2.24) is 5.32 Å². The molecule has 0 fully saturated rings. The average Bonchev–Trinajstić information content (AvgIpc) is 3.03. The van der Waals surface area contributed by atoms with Crippen molar-refractivity contribution in [2.75, 3.05) is 5.32 Å². The summed E-state index contributed by atoms with van der Waals surface area (Å²) in [5.74, 6) is -0.396. The van der Waals surface area contributed by atoms with E-state index in [1.165, 1.54) is 17.4 Å². The molecular weight excluding hydrogens is 485 g/mol. The van der Waals surface area contributed by atoms with Crippen LogP contribution in [0.4, 0.5) is 5.00 Å². The Balaban J connectivity index is 1.71. The summed E-state index contributed by atoms with van der Waals surface area (Å²) >= 11 is 18.8. The smallest absolute Gasteiger partial charge is 0.251 e. The minimum absolute atomic E-state index is 0.0929. The number of halogens is 2. The molecule has 32 heavy (non-hydrogen) atoms. The number of hydrogen-bond donors (Lipinski definition) is 3. The first-order valence-corrected chi connectivity index (χ1v) is 12.1. The average molecular weight is 511 g/mol. The van der Waals surface area contributed by atoms with Crippen LogP contribution < -0.4 is 16.4 Å². The van der Waals surface area contributed by atoms with E-state index in [0.717, 1.165) is 29.7 Å². The second kappa shape index (κ2) is 9.91. The summed E-state index contributed by atoms with van der Waals surface area (Å²) in [6, 6.07) is 5.00. The van der Waals surface area contributed by atoms with Gasteiger partial charge in [0.2, 0.25) is 5.91 Å². The molecule has 0 spiro atoms. The Morgan fingerprint density at radius 2 is 2.00 bits per heavy atom. The minimum atomic E-state index is -0.495. The predicted octanol–water partition coefficient (Wildman–Crippen LogP) is 5.83. The highest BCUT2D eigenvalue weighted by Crippen LogP contribution is 2.44. The van der Waals surface area contributed by atoms with Crippen molar-refractivity contribution < 1.29 is 9.59 Å². The van der Waals surface area contributed by atoms with Gasteiger partial charge in [-0.05, 0) is 72.1 Å². The van der Waals surface area contributed by atoms with E-state index in [2.05, 4.69) is 31.4 Å². The fraction of sp³-hybridized carbons (Fsp3) is 0.348. The molecule has 3 rings (SSSR count). The molecule has 170 valence electrons. The first-order chi connectivity index (χ1) is 15.0. The van der Waals surface area contributed by atoms with Gasteiger partial charge in [-0.2, -0.15) is 0 Å². The van der Waals surface area contributed by atoms with Crippen molar-refractivity contribution in [2.45, 2.75) is 40.0 Å². The molecule has 5 nitrogen and oxygen atoms in total. The number of hydrogen-bond acceptors (Lipinski definition) is 4. The molecule has 0 saturated carbocycles. The van der Waals surface area contributed by atoms with Crippen LogP contribution in [-0.2, 0) is 17.6 Å². The van der Waals surface area contributed by atoms with Gasteiger partial charge in [0.15, 0.2) is 5.11 Å². The van der Waals surface area contributed by atoms with Crippen LogP contribution in [-0.4, -0.2) is 16.9 Å². The van der Waals surface area contributed by atoms with Gasteiger partial charge in [0, 0.05) is 21.0 Å². The van der Waals surface area contributed by atoms with Crippen molar-refractivity contribution >= 4 is 74.8 Å². The van der Waals surface area contributed by atoms with Gasteiger partial charge in [-0.15, -0.1) is 11.3 Å². The van der Waals surface area contributed by atoms with Crippen LogP contribution in [0.1, 0.15) is 53.6 Å². The summed E-state index contributed by atoms with van der Waals surface area (Å²) in [7, 11) is 0. The highest BCUT2D eigenvalue weighted by atomic mass is 35.5. The van der Waals surface area contributed by atoms with Crippen molar-refractivity contribution in [3.63, 3.8) is 0 Å². The zero-order valence-corrected chi connectivity index (χ0v) is 21.2. The first kappa shape index (κ1) is 24.7. The molecule has 0 saturated heterocycles. The maximum atomic E-state index is 12.3. The molecule has 0 radical (unpaired) electrons. The van der Waals surface area contributed by atoms with E-state index in [0.29, 0.717) is 32.1 Å². The molecule has 1 aliphatic rings. The summed E-state index contributed by atoms with van der Waals surface area (Å²) in [6.07, 6.45) is 5.60. The van der Waals surface area contributed by atoms with Crippen molar-refractivity contribution in [2.24, 2.45) is 17.1 Å². The lowest BCUT2D eigenvalue weighted by atomic mass is 9.72. The van der Waals surface area contributed by atoms with Gasteiger partial charge >= 0.3 is 0 Å². The number of anilines is 1. The van der Waals surface area contributed by atoms with Gasteiger partial charge in [-0.1, -0.05) is 50.0 Å². The second-order valence-corrected chi connectivity index (χ2v) is 11.2. The van der Waals surface area contributed by atoms with E-state index in [9.17, 15) is 9.59 Å². The molecule has 2 aromatic rings. The van der Waals surface area contributed by atoms with Crippen LogP contribution in [0, 0.1) is 11.3 Å². The Kier molecular flexibility index (Phi) is 7.65. The predicted molar refractivity (Wildman–Crippen MR) is 138 cm³/mol. The monoisotopic (exact) mass is 509 g/mol. The van der Waals surface area contributed by atoms with Crippen molar-refractivity contribution in [1.29, 1.82) is 0 Å². The Bertz CT molecular complexity index is 1100. The quantitative estimate of drug-likeness (QED) is 0.357. The summed E-state index contributed by atoms with van der Waals surface area (Å²) < 4.78 is 0. The van der Waals surface area contributed by atoms with E-state index in [4.69, 9.17) is 41.2 Å². The number of nitrogens with one attached hydrogen (secondary N) is 2. The molecule has 2 amide bonds. The third-order valence-electron chi connectivity index (χ3n) is 5.58. The lowest BCUT2D eigenvalue weighted by molar-refractivity contribution is -0.115. The summed E-state index contributed by atoms with van der Waals surface area (Å²) in [6.45, 7) is 6.71. The molecule has 0 bridgehead atoms. The topological polar surface area (TPSA) is 84.2 Å². The number of primary amides is 1. The molecule has 4 N–H and O–H groups in total. The van der Waals surface area contributed by atoms with Gasteiger partial charge < -0.3 is 11.1 Å². The van der Waals surface area contributed by atoms with E-state index in [1.807, 2.05) is 0 Å². The molecule has 1 aliphatic carbocycles. The molecule has 0 aliphatic heterocycles. The van der Waals surface area contributed by atoms with Gasteiger partial charge in [-0.25, -0.2) is 0 Å². The Hall–Kier alpha value is -1.93. The highest BCUT2D eigenvalue weighted by molar-refractivity contribution is 7.80. The number of nitrogens with two attached hydrogens (primary N) is 1. The Labute approximate surface area is 207 Å². The highest BCUT2D eigenvalue weighted by Gasteiger charge is 2.33. The standard InChI is InChI=1S/C23H25Cl2N3O2S2/c1-23(2,3)13-6-8-15-17(10-13)32-21(19(15)20(26)30)28-22(31)27-18(29)9-5-12-4-7-14(24)11-16(12)25/h4-5,7,9,11,13H,6,8,10H2,1-3H3,(H2,26,30)(H2,27,28,29,31)/b9-5+/t13-/m0/s1. The van der Waals surface area contributed by atoms with Gasteiger partial charge in [0.1, 0.15) is 5.00 Å². The Morgan fingerprint density at radius 1 is 1.28 bits per heavy atom. The molecule has 1 aromatic carbocycles. The summed E-state index contributed by atoms with van der Waals surface area (Å²) in [5.41, 5.74) is 7.99. The number of amides is 2. The Morgan fingerprint density at radius 3 is 2.62 bits per heavy atom. The third-order valence-corrected chi connectivity index (χ3v) is 7.51. The molecule has 9 heteroatoms. The first-order valence-electron chi connectivity index (χ1n) is 10.1. The van der Waals surface area contributed by atoms with E-state index in [-0.39, 0.29) is 10.5 Å². The van der Waals surface area contributed by atoms with Gasteiger partial charge in [0.25, 0.3) is 5.91 Å². The summed E-state index contributed by atoms with van der Waals surface area (Å²) in [4.78, 5) is 25.6. The zero-order valence-electron chi connectivity index (χ0n) is 18.1. The van der Waals surface area contributed by atoms with Crippen LogP contribution in [0.15, 0.2) is 24.3 Å². The zero-order chi connectivity index (χ0) is 23.6. The number of thiophene rings is 1. The molecule has 1 aromatic heterocycles. The summed E-state index contributed by atoms with van der Waals surface area (Å²) in [5, 5.41) is 7.20. The number of thiocarbonyl (C=S) groups is 1. The third kappa shape index (κ3) is 5.90. The SMILES string of the molecule is CC(C)(C)[C@H]1CCc2c(sc(NC(=S)NC(=O)/C=C/c3ccc(Cl)cc3Cl)c2C(N)=O)C1. The fourth-order valence-electron chi connectivity index (χ4n) is 3.76. The van der Waals surface area contributed by atoms with Crippen molar-refractivity contribution in [3.05, 3.63) is 55.9 Å². The van der Waals surface area contributed by atoms with Crippen LogP contribution in [0.25, 0.3) is 6.08 Å². The molecule has 1 atom stereocenters. The largest absolute Gasteiger partial charge is 0.365 e. The van der Waals surface area contributed by atoms with Gasteiger partial charge in [0.05, 0.1) is 5.56 Å². The van der Waals surface area contributed by atoms with Crippen LogP contribution in [0.2, 0.25) is 10.0 Å². The molecule has 1 heterocycles. The normalized spacial score (nSPS) is 16.0. The van der Waals surface area contributed by atoms with Crippen LogP contribution in [0.3, 0.4) is 0 Å². The number of fused-ring (bicyclic) bond motifs is 1. The van der Waals surface area contributed by atoms with Crippen LogP contribution >= 0.6 is 46.8 Å². The molecule has 0 unspecified atom stereocenters. The van der Waals surface area contributed by atoms with Crippen molar-refractivity contribution in [3.8, 4) is 0 Å². The van der Waals surface area contributed by atoms with E-state index < -0.39 is 11.8 Å². The van der Waals surface area contributed by atoms with Crippen LogP contribution in [0.5, 0.6) is 0 Å². The number of carbonyl (C=O) groups excluding carboxylic acids is 2. The second-order valence-electron chi connectivity index (χ2n) is 8.82. The maximum Gasteiger partial charge on any atom is 0.251 e. The minimum Gasteiger partial charge on any atom is -0.365 e. The van der Waals surface area contributed by atoms with E-state index in [1.54, 1.807) is 24.3 Å². The number of rotatable bonds is 4. The van der Waals surface area contributed by atoms with Gasteiger partial charge in [-0.3, -0.25) is 14.9 Å². The lowest BCUT2D eigenvalue weighted by Crippen LogP contribution is -2.33. The number of carbonyl (C=O) groups is 2. The maximum absolute atomic E-state index is 12.3.